The standard InChI is InChI=1S/C18H15F7NO2/c19-16(20)18(24,25)28-13-8-4-5-11(9-13)10-14(15(27)17(21,22)23)26-12-6-2-1-3-7-12/h1-2,4-9,14-16,26-27H,10H2. The van der Waals surface area contributed by atoms with E-state index in [1.807, 2.05) is 0 Å². The van der Waals surface area contributed by atoms with Crippen LogP contribution in [-0.4, -0.2) is 36.0 Å². The molecular formula is C18H15F7NO2. The number of aliphatic hydroxyl groups is 1. The molecule has 0 amide bonds. The first-order chi connectivity index (χ1) is 13.0. The minimum Gasteiger partial charge on any atom is -0.428 e. The molecule has 0 aliphatic heterocycles. The van der Waals surface area contributed by atoms with Crippen molar-refractivity contribution in [1.29, 1.82) is 0 Å². The lowest BCUT2D eigenvalue weighted by Crippen LogP contribution is -2.45. The first-order valence-electron chi connectivity index (χ1n) is 7.90. The summed E-state index contributed by atoms with van der Waals surface area (Å²) in [5.74, 6) is -0.643. The van der Waals surface area contributed by atoms with Crippen molar-refractivity contribution in [2.75, 3.05) is 5.32 Å². The highest BCUT2D eigenvalue weighted by molar-refractivity contribution is 5.44. The van der Waals surface area contributed by atoms with Gasteiger partial charge >= 0.3 is 18.7 Å². The number of aliphatic hydroxyl groups excluding tert-OH is 1. The van der Waals surface area contributed by atoms with Crippen LogP contribution in [0.2, 0.25) is 0 Å². The second kappa shape index (κ2) is 8.68. The first kappa shape index (κ1) is 21.8. The molecule has 2 rings (SSSR count). The highest BCUT2D eigenvalue weighted by Gasteiger charge is 2.45. The van der Waals surface area contributed by atoms with Crippen LogP contribution in [0.3, 0.4) is 0 Å². The molecule has 0 heterocycles. The zero-order valence-corrected chi connectivity index (χ0v) is 14.1. The highest BCUT2D eigenvalue weighted by atomic mass is 19.4. The van der Waals surface area contributed by atoms with Crippen molar-refractivity contribution in [3.63, 3.8) is 0 Å². The number of halogens is 7. The predicted octanol–water partition coefficient (Wildman–Crippen LogP) is 4.67. The van der Waals surface area contributed by atoms with Gasteiger partial charge in [0.05, 0.1) is 6.04 Å². The Balaban J connectivity index is 2.22. The lowest BCUT2D eigenvalue weighted by molar-refractivity contribution is -0.253. The molecule has 0 spiro atoms. The monoisotopic (exact) mass is 410 g/mol. The van der Waals surface area contributed by atoms with E-state index in [4.69, 9.17) is 0 Å². The molecule has 2 unspecified atom stereocenters. The first-order valence-corrected chi connectivity index (χ1v) is 7.90. The number of alkyl halides is 7. The minimum absolute atomic E-state index is 0.0586. The molecule has 0 saturated carbocycles. The van der Waals surface area contributed by atoms with Crippen LogP contribution in [0, 0.1) is 6.07 Å². The van der Waals surface area contributed by atoms with E-state index in [-0.39, 0.29) is 11.3 Å². The maximum atomic E-state index is 13.0. The van der Waals surface area contributed by atoms with Crippen molar-refractivity contribution in [1.82, 2.24) is 0 Å². The van der Waals surface area contributed by atoms with Gasteiger partial charge in [-0.05, 0) is 42.3 Å². The van der Waals surface area contributed by atoms with Gasteiger partial charge in [0.15, 0.2) is 6.10 Å². The summed E-state index contributed by atoms with van der Waals surface area (Å²) in [7, 11) is 0. The van der Waals surface area contributed by atoms with Crippen LogP contribution >= 0.6 is 0 Å². The topological polar surface area (TPSA) is 41.5 Å². The van der Waals surface area contributed by atoms with E-state index < -0.39 is 43.0 Å². The molecule has 10 heteroatoms. The van der Waals surface area contributed by atoms with Crippen LogP contribution in [0.4, 0.5) is 36.4 Å². The summed E-state index contributed by atoms with van der Waals surface area (Å²) in [4.78, 5) is 0. The Morgan fingerprint density at radius 3 is 2.36 bits per heavy atom. The Morgan fingerprint density at radius 1 is 1.07 bits per heavy atom. The van der Waals surface area contributed by atoms with Crippen LogP contribution in [0.5, 0.6) is 5.75 Å². The van der Waals surface area contributed by atoms with E-state index in [1.54, 1.807) is 0 Å². The summed E-state index contributed by atoms with van der Waals surface area (Å²) >= 11 is 0. The predicted molar refractivity (Wildman–Crippen MR) is 86.5 cm³/mol. The van der Waals surface area contributed by atoms with Gasteiger partial charge in [-0.3, -0.25) is 0 Å². The van der Waals surface area contributed by atoms with Gasteiger partial charge in [-0.25, -0.2) is 0 Å². The number of hydrogen-bond acceptors (Lipinski definition) is 3. The third kappa shape index (κ3) is 6.01. The SMILES string of the molecule is OC(C(Cc1cccc(OC(F)(F)C(F)F)c1)Nc1c[c]ccc1)C(F)(F)F. The molecule has 0 bridgehead atoms. The molecule has 0 saturated heterocycles. The summed E-state index contributed by atoms with van der Waals surface area (Å²) in [6, 6.07) is 11.3. The Labute approximate surface area is 155 Å². The van der Waals surface area contributed by atoms with E-state index in [2.05, 4.69) is 16.1 Å². The quantitative estimate of drug-likeness (QED) is 0.622. The van der Waals surface area contributed by atoms with Crippen LogP contribution < -0.4 is 10.1 Å². The largest absolute Gasteiger partial charge is 0.461 e. The fourth-order valence-corrected chi connectivity index (χ4v) is 2.36. The fraction of sp³-hybridized carbons (Fsp3) is 0.333. The molecule has 2 N–H and O–H groups in total. The lowest BCUT2D eigenvalue weighted by atomic mass is 10.00. The van der Waals surface area contributed by atoms with E-state index in [9.17, 15) is 35.8 Å². The molecule has 1 radical (unpaired) electrons. The van der Waals surface area contributed by atoms with Crippen LogP contribution in [0.25, 0.3) is 0 Å². The van der Waals surface area contributed by atoms with Gasteiger partial charge in [0.1, 0.15) is 5.75 Å². The molecule has 28 heavy (non-hydrogen) atoms. The van der Waals surface area contributed by atoms with Crippen LogP contribution in [0.15, 0.2) is 48.5 Å². The summed E-state index contributed by atoms with van der Waals surface area (Å²) < 4.78 is 93.4. The second-order valence-electron chi connectivity index (χ2n) is 5.85. The van der Waals surface area contributed by atoms with Crippen molar-refractivity contribution in [3.8, 4) is 5.75 Å². The number of nitrogens with one attached hydrogen (secondary N) is 1. The Morgan fingerprint density at radius 2 is 1.79 bits per heavy atom. The average Bonchev–Trinajstić information content (AvgIpc) is 2.60. The van der Waals surface area contributed by atoms with Crippen LogP contribution in [0.1, 0.15) is 5.56 Å². The van der Waals surface area contributed by atoms with Gasteiger partial charge in [-0.2, -0.15) is 30.7 Å². The third-order valence-electron chi connectivity index (χ3n) is 3.64. The molecule has 0 aliphatic rings. The van der Waals surface area contributed by atoms with Crippen molar-refractivity contribution >= 4 is 5.69 Å². The molecule has 0 aliphatic carbocycles. The normalized spacial score (nSPS) is 14.6. The molecule has 2 aromatic rings. The number of anilines is 1. The number of benzene rings is 2. The van der Waals surface area contributed by atoms with Gasteiger partial charge < -0.3 is 15.2 Å². The highest BCUT2D eigenvalue weighted by Crippen LogP contribution is 2.30. The van der Waals surface area contributed by atoms with Crippen LogP contribution in [-0.2, 0) is 6.42 Å². The van der Waals surface area contributed by atoms with E-state index >= 15 is 0 Å². The van der Waals surface area contributed by atoms with E-state index in [1.165, 1.54) is 36.4 Å². The van der Waals surface area contributed by atoms with Gasteiger partial charge in [0.2, 0.25) is 0 Å². The van der Waals surface area contributed by atoms with Gasteiger partial charge in [-0.1, -0.05) is 24.3 Å². The number of hydrogen-bond donors (Lipinski definition) is 2. The lowest BCUT2D eigenvalue weighted by Gasteiger charge is -2.27. The Hall–Kier alpha value is -2.49. The maximum Gasteiger partial charge on any atom is 0.461 e. The van der Waals surface area contributed by atoms with Gasteiger partial charge in [0, 0.05) is 5.69 Å². The second-order valence-corrected chi connectivity index (χ2v) is 5.85. The summed E-state index contributed by atoms with van der Waals surface area (Å²) in [5, 5.41) is 12.2. The smallest absolute Gasteiger partial charge is 0.428 e. The molecule has 2 aromatic carbocycles. The van der Waals surface area contributed by atoms with Crippen molar-refractivity contribution in [2.24, 2.45) is 0 Å². The van der Waals surface area contributed by atoms with Gasteiger partial charge in [0.25, 0.3) is 0 Å². The Kier molecular flexibility index (Phi) is 6.76. The number of ether oxygens (including phenoxy) is 1. The summed E-state index contributed by atoms with van der Waals surface area (Å²) in [6.45, 7) is 0. The average molecular weight is 410 g/mol. The van der Waals surface area contributed by atoms with E-state index in [0.29, 0.717) is 0 Å². The Bertz CT molecular complexity index is 753. The molecule has 3 nitrogen and oxygen atoms in total. The molecule has 153 valence electrons. The maximum absolute atomic E-state index is 13.0. The zero-order chi connectivity index (χ0) is 20.9. The fourth-order valence-electron chi connectivity index (χ4n) is 2.36. The molecule has 2 atom stereocenters. The minimum atomic E-state index is -4.95. The molecule has 0 fully saturated rings. The van der Waals surface area contributed by atoms with Crippen molar-refractivity contribution in [3.05, 3.63) is 60.2 Å². The van der Waals surface area contributed by atoms with Crippen molar-refractivity contribution in [2.45, 2.75) is 37.3 Å². The summed E-state index contributed by atoms with van der Waals surface area (Å²) in [6.07, 6.45) is -17.0. The van der Waals surface area contributed by atoms with Gasteiger partial charge in [-0.15, -0.1) is 0 Å². The van der Waals surface area contributed by atoms with E-state index in [0.717, 1.165) is 12.1 Å². The molecule has 0 aromatic heterocycles. The van der Waals surface area contributed by atoms with Crippen molar-refractivity contribution < 1.29 is 40.6 Å². The molecular weight excluding hydrogens is 395 g/mol. The number of rotatable bonds is 8. The zero-order valence-electron chi connectivity index (χ0n) is 14.1. The summed E-state index contributed by atoms with van der Waals surface area (Å²) in [5.41, 5.74) is 0.302. The third-order valence-corrected chi connectivity index (χ3v) is 3.64.